The lowest BCUT2D eigenvalue weighted by atomic mass is 10.1. The Morgan fingerprint density at radius 3 is 2.78 bits per heavy atom. The minimum Gasteiger partial charge on any atom is -0.496 e. The van der Waals surface area contributed by atoms with Gasteiger partial charge in [-0.2, -0.15) is 5.10 Å². The lowest BCUT2D eigenvalue weighted by Gasteiger charge is -2.08. The molecule has 0 saturated carbocycles. The minimum atomic E-state index is -4.02. The number of hydrogen-bond acceptors (Lipinski definition) is 4. The van der Waals surface area contributed by atoms with Crippen LogP contribution in [0.15, 0.2) is 29.3 Å². The van der Waals surface area contributed by atoms with Crippen LogP contribution >= 0.6 is 10.7 Å². The van der Waals surface area contributed by atoms with Gasteiger partial charge in [0.05, 0.1) is 24.6 Å². The Balaban J connectivity index is 2.75. The summed E-state index contributed by atoms with van der Waals surface area (Å²) in [6.07, 6.45) is 1.02. The maximum atomic E-state index is 13.8. The van der Waals surface area contributed by atoms with Gasteiger partial charge in [-0.05, 0) is 12.1 Å². The SMILES string of the molecule is COc1cccc(F)c1-c1[nH]ncc1S(=O)(=O)Cl. The van der Waals surface area contributed by atoms with Crippen LogP contribution in [-0.2, 0) is 9.05 Å². The number of nitrogens with one attached hydrogen (secondary N) is 1. The van der Waals surface area contributed by atoms with Crippen molar-refractivity contribution in [3.63, 3.8) is 0 Å². The lowest BCUT2D eigenvalue weighted by molar-refractivity contribution is 0.413. The second-order valence-corrected chi connectivity index (χ2v) is 5.90. The molecule has 0 atom stereocenters. The summed E-state index contributed by atoms with van der Waals surface area (Å²) in [5, 5.41) is 5.98. The van der Waals surface area contributed by atoms with E-state index in [1.807, 2.05) is 0 Å². The molecule has 18 heavy (non-hydrogen) atoms. The van der Waals surface area contributed by atoms with Gasteiger partial charge >= 0.3 is 0 Å². The summed E-state index contributed by atoms with van der Waals surface area (Å²) in [4.78, 5) is -0.299. The Morgan fingerprint density at radius 2 is 2.17 bits per heavy atom. The van der Waals surface area contributed by atoms with E-state index in [-0.39, 0.29) is 21.9 Å². The van der Waals surface area contributed by atoms with Crippen LogP contribution in [0.1, 0.15) is 0 Å². The van der Waals surface area contributed by atoms with Crippen molar-refractivity contribution in [1.29, 1.82) is 0 Å². The first-order chi connectivity index (χ1) is 8.45. The number of rotatable bonds is 3. The molecule has 0 spiro atoms. The lowest BCUT2D eigenvalue weighted by Crippen LogP contribution is -1.97. The summed E-state index contributed by atoms with van der Waals surface area (Å²) < 4.78 is 41.5. The molecule has 1 N–H and O–H groups in total. The highest BCUT2D eigenvalue weighted by Crippen LogP contribution is 2.35. The molecule has 0 unspecified atom stereocenters. The van der Waals surface area contributed by atoms with Gasteiger partial charge in [-0.3, -0.25) is 5.10 Å². The van der Waals surface area contributed by atoms with E-state index in [9.17, 15) is 12.8 Å². The third-order valence-corrected chi connectivity index (χ3v) is 3.65. The van der Waals surface area contributed by atoms with Gasteiger partial charge in [-0.1, -0.05) is 6.07 Å². The Kier molecular flexibility index (Phi) is 3.27. The molecule has 1 aromatic heterocycles. The van der Waals surface area contributed by atoms with E-state index in [1.54, 1.807) is 0 Å². The van der Waals surface area contributed by atoms with Crippen LogP contribution in [0.25, 0.3) is 11.3 Å². The van der Waals surface area contributed by atoms with Crippen molar-refractivity contribution in [3.05, 3.63) is 30.2 Å². The average Bonchev–Trinajstić information content (AvgIpc) is 2.76. The Labute approximate surface area is 107 Å². The first kappa shape index (κ1) is 12.8. The first-order valence-electron chi connectivity index (χ1n) is 4.76. The van der Waals surface area contributed by atoms with Crippen molar-refractivity contribution in [2.45, 2.75) is 4.90 Å². The predicted octanol–water partition coefficient (Wildman–Crippen LogP) is 2.15. The van der Waals surface area contributed by atoms with E-state index in [1.165, 1.54) is 25.3 Å². The second kappa shape index (κ2) is 4.58. The molecule has 1 heterocycles. The fraction of sp³-hybridized carbons (Fsp3) is 0.100. The normalized spacial score (nSPS) is 11.5. The highest BCUT2D eigenvalue weighted by Gasteiger charge is 2.23. The number of aromatic nitrogens is 2. The molecule has 0 fully saturated rings. The van der Waals surface area contributed by atoms with Crippen molar-refractivity contribution in [2.24, 2.45) is 0 Å². The summed E-state index contributed by atoms with van der Waals surface area (Å²) in [6, 6.07) is 4.14. The monoisotopic (exact) mass is 290 g/mol. The van der Waals surface area contributed by atoms with Crippen molar-refractivity contribution in [3.8, 4) is 17.0 Å². The van der Waals surface area contributed by atoms with Crippen molar-refractivity contribution in [1.82, 2.24) is 10.2 Å². The van der Waals surface area contributed by atoms with Crippen molar-refractivity contribution >= 4 is 19.7 Å². The van der Waals surface area contributed by atoms with Crippen LogP contribution in [-0.4, -0.2) is 25.7 Å². The third-order valence-electron chi connectivity index (χ3n) is 2.31. The molecular weight excluding hydrogens is 283 g/mol. The molecule has 2 rings (SSSR count). The van der Waals surface area contributed by atoms with Crippen LogP contribution in [0.4, 0.5) is 4.39 Å². The molecule has 0 saturated heterocycles. The van der Waals surface area contributed by atoms with E-state index in [4.69, 9.17) is 15.4 Å². The van der Waals surface area contributed by atoms with E-state index in [0.717, 1.165) is 6.20 Å². The quantitative estimate of drug-likeness (QED) is 0.879. The zero-order chi connectivity index (χ0) is 13.3. The molecule has 96 valence electrons. The van der Waals surface area contributed by atoms with Crippen LogP contribution in [0.2, 0.25) is 0 Å². The number of ether oxygens (including phenoxy) is 1. The summed E-state index contributed by atoms with van der Waals surface area (Å²) in [5.41, 5.74) is -0.0725. The van der Waals surface area contributed by atoms with E-state index >= 15 is 0 Å². The molecule has 0 aliphatic carbocycles. The highest BCUT2D eigenvalue weighted by atomic mass is 35.7. The second-order valence-electron chi connectivity index (χ2n) is 3.36. The topological polar surface area (TPSA) is 72.0 Å². The zero-order valence-corrected chi connectivity index (χ0v) is 10.7. The molecular formula is C10H8ClFN2O3S. The molecule has 8 heteroatoms. The van der Waals surface area contributed by atoms with Crippen LogP contribution in [0, 0.1) is 5.82 Å². The summed E-state index contributed by atoms with van der Waals surface area (Å²) in [6.45, 7) is 0. The standard InChI is InChI=1S/C10H8ClFN2O3S/c1-17-7-4-2-3-6(12)9(7)10-8(5-13-14-10)18(11,15)16/h2-5H,1H3,(H,13,14). The maximum Gasteiger partial charge on any atom is 0.265 e. The number of nitrogens with zero attached hydrogens (tertiary/aromatic N) is 1. The molecule has 0 radical (unpaired) electrons. The smallest absolute Gasteiger partial charge is 0.265 e. The predicted molar refractivity (Wildman–Crippen MR) is 63.6 cm³/mol. The summed E-state index contributed by atoms with van der Waals surface area (Å²) in [7, 11) is 2.58. The van der Waals surface area contributed by atoms with Gasteiger partial charge in [-0.15, -0.1) is 0 Å². The van der Waals surface area contributed by atoms with Gasteiger partial charge in [0.1, 0.15) is 16.5 Å². The summed E-state index contributed by atoms with van der Waals surface area (Å²) in [5.74, 6) is -0.457. The zero-order valence-electron chi connectivity index (χ0n) is 9.15. The van der Waals surface area contributed by atoms with Gasteiger partial charge in [0, 0.05) is 10.7 Å². The van der Waals surface area contributed by atoms with Gasteiger partial charge < -0.3 is 4.74 Å². The fourth-order valence-corrected chi connectivity index (χ4v) is 2.48. The fourth-order valence-electron chi connectivity index (χ4n) is 1.56. The molecule has 0 bridgehead atoms. The number of hydrogen-bond donors (Lipinski definition) is 1. The highest BCUT2D eigenvalue weighted by molar-refractivity contribution is 8.13. The van der Waals surface area contributed by atoms with Crippen LogP contribution < -0.4 is 4.74 Å². The number of H-pyrrole nitrogens is 1. The maximum absolute atomic E-state index is 13.8. The van der Waals surface area contributed by atoms with E-state index in [2.05, 4.69) is 10.2 Å². The molecule has 0 amide bonds. The first-order valence-corrected chi connectivity index (χ1v) is 7.07. The Morgan fingerprint density at radius 1 is 1.44 bits per heavy atom. The minimum absolute atomic E-state index is 0.0308. The molecule has 2 aromatic rings. The van der Waals surface area contributed by atoms with Gasteiger partial charge in [0.2, 0.25) is 0 Å². The van der Waals surface area contributed by atoms with Crippen molar-refractivity contribution in [2.75, 3.05) is 7.11 Å². The summed E-state index contributed by atoms with van der Waals surface area (Å²) >= 11 is 0. The van der Waals surface area contributed by atoms with E-state index < -0.39 is 14.9 Å². The Hall–Kier alpha value is -1.60. The number of methoxy groups -OCH3 is 1. The largest absolute Gasteiger partial charge is 0.496 e. The van der Waals surface area contributed by atoms with Crippen molar-refractivity contribution < 1.29 is 17.5 Å². The van der Waals surface area contributed by atoms with E-state index in [0.29, 0.717) is 0 Å². The Bertz CT molecular complexity index is 684. The molecule has 5 nitrogen and oxygen atoms in total. The number of benzene rings is 1. The third kappa shape index (κ3) is 2.19. The van der Waals surface area contributed by atoms with Gasteiger partial charge in [0.15, 0.2) is 0 Å². The number of aromatic amines is 1. The van der Waals surface area contributed by atoms with Gasteiger partial charge in [-0.25, -0.2) is 12.8 Å². The molecule has 0 aliphatic heterocycles. The van der Waals surface area contributed by atoms with Crippen LogP contribution in [0.3, 0.4) is 0 Å². The molecule has 1 aromatic carbocycles. The van der Waals surface area contributed by atoms with Crippen LogP contribution in [0.5, 0.6) is 5.75 Å². The molecule has 0 aliphatic rings. The average molecular weight is 291 g/mol. The van der Waals surface area contributed by atoms with Gasteiger partial charge in [0.25, 0.3) is 9.05 Å². The number of halogens is 2.